The molecular formula is C16H16BrN3O. The second kappa shape index (κ2) is 5.56. The Balaban J connectivity index is 1.73. The van der Waals surface area contributed by atoms with E-state index in [1.165, 1.54) is 0 Å². The van der Waals surface area contributed by atoms with Gasteiger partial charge in [0.25, 0.3) is 0 Å². The van der Waals surface area contributed by atoms with Gasteiger partial charge in [0.05, 0.1) is 15.9 Å². The fraction of sp³-hybridized carbons (Fsp3) is 0.312. The third-order valence-corrected chi connectivity index (χ3v) is 4.30. The lowest BCUT2D eigenvalue weighted by Gasteiger charge is -2.19. The Morgan fingerprint density at radius 3 is 2.43 bits per heavy atom. The summed E-state index contributed by atoms with van der Waals surface area (Å²) in [6, 6.07) is 9.76. The summed E-state index contributed by atoms with van der Waals surface area (Å²) in [5.41, 5.74) is 0.733. The molecule has 1 saturated carbocycles. The molecule has 1 unspecified atom stereocenters. The maximum Gasteiger partial charge on any atom is 0.231 e. The van der Waals surface area contributed by atoms with Crippen molar-refractivity contribution < 1.29 is 4.79 Å². The Morgan fingerprint density at radius 2 is 1.86 bits per heavy atom. The number of hydrogen-bond acceptors (Lipinski definition) is 3. The van der Waals surface area contributed by atoms with E-state index < -0.39 is 0 Å². The van der Waals surface area contributed by atoms with Gasteiger partial charge >= 0.3 is 0 Å². The molecule has 5 heteroatoms. The Morgan fingerprint density at radius 1 is 1.24 bits per heavy atom. The lowest BCUT2D eigenvalue weighted by Crippen LogP contribution is -2.36. The second-order valence-corrected chi connectivity index (χ2v) is 6.32. The van der Waals surface area contributed by atoms with Crippen LogP contribution in [0.3, 0.4) is 0 Å². The summed E-state index contributed by atoms with van der Waals surface area (Å²) in [5, 5.41) is 3.04. The molecule has 1 N–H and O–H groups in total. The van der Waals surface area contributed by atoms with Gasteiger partial charge in [-0.3, -0.25) is 4.79 Å². The van der Waals surface area contributed by atoms with E-state index in [2.05, 4.69) is 31.2 Å². The molecule has 1 heterocycles. The first kappa shape index (κ1) is 14.2. The largest absolute Gasteiger partial charge is 0.346 e. The van der Waals surface area contributed by atoms with Crippen molar-refractivity contribution in [3.63, 3.8) is 0 Å². The van der Waals surface area contributed by atoms with Gasteiger partial charge < -0.3 is 5.32 Å². The van der Waals surface area contributed by atoms with Crippen LogP contribution in [0.2, 0.25) is 0 Å². The van der Waals surface area contributed by atoms with Gasteiger partial charge in [0.2, 0.25) is 5.91 Å². The van der Waals surface area contributed by atoms with Crippen LogP contribution in [0.5, 0.6) is 0 Å². The number of carbonyl (C=O) groups is 1. The van der Waals surface area contributed by atoms with Crippen LogP contribution in [0, 0.1) is 0 Å². The highest BCUT2D eigenvalue weighted by molar-refractivity contribution is 9.10. The normalized spacial score (nSPS) is 17.0. The summed E-state index contributed by atoms with van der Waals surface area (Å²) in [6.45, 7) is 1.90. The number of halogens is 1. The summed E-state index contributed by atoms with van der Waals surface area (Å²) in [6.07, 6.45) is 5.18. The van der Waals surface area contributed by atoms with Crippen molar-refractivity contribution in [3.8, 4) is 0 Å². The number of benzene rings is 1. The zero-order chi connectivity index (χ0) is 14.9. The monoisotopic (exact) mass is 345 g/mol. The average Bonchev–Trinajstić information content (AvgIpc) is 3.30. The highest BCUT2D eigenvalue weighted by Gasteiger charge is 2.51. The highest BCUT2D eigenvalue weighted by atomic mass is 79.9. The Labute approximate surface area is 132 Å². The third kappa shape index (κ3) is 2.83. The summed E-state index contributed by atoms with van der Waals surface area (Å²) in [7, 11) is 0. The van der Waals surface area contributed by atoms with Crippen LogP contribution in [0.15, 0.2) is 47.2 Å². The first-order valence-electron chi connectivity index (χ1n) is 6.96. The molecule has 4 nitrogen and oxygen atoms in total. The molecule has 1 aromatic heterocycles. The summed E-state index contributed by atoms with van der Waals surface area (Å²) in [5.74, 6) is 0.683. The van der Waals surface area contributed by atoms with E-state index >= 15 is 0 Å². The number of rotatable bonds is 4. The number of aromatic nitrogens is 2. The maximum absolute atomic E-state index is 12.6. The average molecular weight is 346 g/mol. The van der Waals surface area contributed by atoms with Crippen molar-refractivity contribution in [2.45, 2.75) is 31.2 Å². The molecule has 1 aromatic carbocycles. The van der Waals surface area contributed by atoms with Crippen molar-refractivity contribution in [2.75, 3.05) is 0 Å². The number of nitrogens with one attached hydrogen (secondary N) is 1. The van der Waals surface area contributed by atoms with Crippen LogP contribution in [0.1, 0.15) is 37.2 Å². The fourth-order valence-corrected chi connectivity index (χ4v) is 2.68. The predicted octanol–water partition coefficient (Wildman–Crippen LogP) is 3.15. The maximum atomic E-state index is 12.6. The van der Waals surface area contributed by atoms with Gasteiger partial charge in [0.1, 0.15) is 5.82 Å². The number of hydrogen-bond donors (Lipinski definition) is 1. The minimum absolute atomic E-state index is 0.0627. The van der Waals surface area contributed by atoms with Gasteiger partial charge in [0, 0.05) is 12.4 Å². The van der Waals surface area contributed by atoms with Crippen molar-refractivity contribution >= 4 is 21.8 Å². The first-order chi connectivity index (χ1) is 10.1. The molecule has 21 heavy (non-hydrogen) atoms. The molecular weight excluding hydrogens is 330 g/mol. The van der Waals surface area contributed by atoms with E-state index in [1.807, 2.05) is 37.3 Å². The molecule has 1 aliphatic carbocycles. The predicted molar refractivity (Wildman–Crippen MR) is 83.6 cm³/mol. The summed E-state index contributed by atoms with van der Waals surface area (Å²) < 4.78 is 0.827. The van der Waals surface area contributed by atoms with Crippen molar-refractivity contribution in [2.24, 2.45) is 0 Å². The van der Waals surface area contributed by atoms with Crippen LogP contribution in [-0.2, 0) is 10.2 Å². The van der Waals surface area contributed by atoms with Gasteiger partial charge in [0.15, 0.2) is 0 Å². The molecule has 0 aliphatic heterocycles. The van der Waals surface area contributed by atoms with E-state index in [4.69, 9.17) is 0 Å². The van der Waals surface area contributed by atoms with Crippen molar-refractivity contribution in [3.05, 3.63) is 58.6 Å². The van der Waals surface area contributed by atoms with E-state index in [9.17, 15) is 4.79 Å². The summed E-state index contributed by atoms with van der Waals surface area (Å²) >= 11 is 3.31. The van der Waals surface area contributed by atoms with Crippen LogP contribution < -0.4 is 5.32 Å². The van der Waals surface area contributed by atoms with Crippen LogP contribution in [0.4, 0.5) is 0 Å². The standard InChI is InChI=1S/C16H16BrN3O/c1-11(14-18-9-13(17)10-19-14)20-15(21)16(7-8-16)12-5-3-2-4-6-12/h2-6,9-11H,7-8H2,1H3,(H,20,21). The van der Waals surface area contributed by atoms with E-state index in [1.54, 1.807) is 12.4 Å². The molecule has 1 aliphatic rings. The molecule has 0 bridgehead atoms. The van der Waals surface area contributed by atoms with Gasteiger partial charge in [-0.15, -0.1) is 0 Å². The number of amides is 1. The molecule has 1 atom stereocenters. The van der Waals surface area contributed by atoms with E-state index in [-0.39, 0.29) is 17.4 Å². The van der Waals surface area contributed by atoms with Gasteiger partial charge in [-0.25, -0.2) is 9.97 Å². The molecule has 0 radical (unpaired) electrons. The smallest absolute Gasteiger partial charge is 0.231 e. The quantitative estimate of drug-likeness (QED) is 0.925. The van der Waals surface area contributed by atoms with E-state index in [0.29, 0.717) is 5.82 Å². The zero-order valence-corrected chi connectivity index (χ0v) is 13.3. The topological polar surface area (TPSA) is 54.9 Å². The molecule has 0 spiro atoms. The van der Waals surface area contributed by atoms with Crippen LogP contribution >= 0.6 is 15.9 Å². The number of nitrogens with zero attached hydrogens (tertiary/aromatic N) is 2. The van der Waals surface area contributed by atoms with Crippen molar-refractivity contribution in [1.82, 2.24) is 15.3 Å². The lowest BCUT2D eigenvalue weighted by molar-refractivity contribution is -0.124. The lowest BCUT2D eigenvalue weighted by atomic mass is 9.95. The molecule has 108 valence electrons. The first-order valence-corrected chi connectivity index (χ1v) is 7.75. The minimum Gasteiger partial charge on any atom is -0.346 e. The van der Waals surface area contributed by atoms with E-state index in [0.717, 1.165) is 22.9 Å². The second-order valence-electron chi connectivity index (χ2n) is 5.40. The minimum atomic E-state index is -0.356. The fourth-order valence-electron chi connectivity index (χ4n) is 2.47. The summed E-state index contributed by atoms with van der Waals surface area (Å²) in [4.78, 5) is 21.1. The molecule has 0 saturated heterocycles. The Bertz CT molecular complexity index is 638. The third-order valence-electron chi connectivity index (χ3n) is 3.89. The number of carbonyl (C=O) groups excluding carboxylic acids is 1. The Kier molecular flexibility index (Phi) is 3.76. The molecule has 1 amide bonds. The molecule has 1 fully saturated rings. The van der Waals surface area contributed by atoms with Crippen LogP contribution in [0.25, 0.3) is 0 Å². The van der Waals surface area contributed by atoms with Gasteiger partial charge in [-0.1, -0.05) is 30.3 Å². The molecule has 3 rings (SSSR count). The van der Waals surface area contributed by atoms with Crippen LogP contribution in [-0.4, -0.2) is 15.9 Å². The SMILES string of the molecule is CC(NC(=O)C1(c2ccccc2)CC1)c1ncc(Br)cn1. The van der Waals surface area contributed by atoms with Crippen molar-refractivity contribution in [1.29, 1.82) is 0 Å². The Hall–Kier alpha value is -1.75. The highest BCUT2D eigenvalue weighted by Crippen LogP contribution is 2.48. The van der Waals surface area contributed by atoms with Gasteiger partial charge in [-0.2, -0.15) is 0 Å². The zero-order valence-electron chi connectivity index (χ0n) is 11.7. The van der Waals surface area contributed by atoms with Gasteiger partial charge in [-0.05, 0) is 41.3 Å². The molecule has 2 aromatic rings.